The molecule has 0 fully saturated rings. The average Bonchev–Trinajstić information content (AvgIpc) is 2.85. The summed E-state index contributed by atoms with van der Waals surface area (Å²) in [6, 6.07) is 0. The predicted molar refractivity (Wildman–Crippen MR) is 141 cm³/mol. The van der Waals surface area contributed by atoms with Gasteiger partial charge in [-0.3, -0.25) is 0 Å². The van der Waals surface area contributed by atoms with Crippen LogP contribution in [0.3, 0.4) is 0 Å². The maximum atomic E-state index is 11.4. The first kappa shape index (κ1) is 34.3. The molecule has 0 aliphatic carbocycles. The lowest BCUT2D eigenvalue weighted by Gasteiger charge is -2.29. The zero-order valence-electron chi connectivity index (χ0n) is 23.5. The molecular formula is C28H50O8. The lowest BCUT2D eigenvalue weighted by Crippen LogP contribution is -2.36. The van der Waals surface area contributed by atoms with Gasteiger partial charge in [0.15, 0.2) is 0 Å². The van der Waals surface area contributed by atoms with Crippen LogP contribution < -0.4 is 0 Å². The van der Waals surface area contributed by atoms with E-state index in [0.29, 0.717) is 26.4 Å². The van der Waals surface area contributed by atoms with E-state index in [9.17, 15) is 9.59 Å². The molecule has 8 heteroatoms. The Bertz CT molecular complexity index is 575. The number of hydrogen-bond donors (Lipinski definition) is 0. The second-order valence-electron chi connectivity index (χ2n) is 9.94. The van der Waals surface area contributed by atoms with Crippen LogP contribution >= 0.6 is 0 Å². The van der Waals surface area contributed by atoms with Gasteiger partial charge in [0.2, 0.25) is 0 Å². The van der Waals surface area contributed by atoms with Gasteiger partial charge in [-0.2, -0.15) is 0 Å². The first-order valence-electron chi connectivity index (χ1n) is 13.1. The smallest absolute Gasteiger partial charge is 0.330 e. The first-order valence-corrected chi connectivity index (χ1v) is 13.1. The molecule has 210 valence electrons. The third-order valence-electron chi connectivity index (χ3n) is 5.77. The van der Waals surface area contributed by atoms with Crippen molar-refractivity contribution in [2.24, 2.45) is 0 Å². The van der Waals surface area contributed by atoms with Gasteiger partial charge in [-0.25, -0.2) is 9.59 Å². The highest BCUT2D eigenvalue weighted by Gasteiger charge is 2.24. The second kappa shape index (κ2) is 19.4. The van der Waals surface area contributed by atoms with Crippen LogP contribution in [0.4, 0.5) is 0 Å². The molecule has 0 saturated carbocycles. The molecule has 2 unspecified atom stereocenters. The maximum absolute atomic E-state index is 11.4. The second-order valence-corrected chi connectivity index (χ2v) is 9.94. The van der Waals surface area contributed by atoms with Crippen molar-refractivity contribution in [1.82, 2.24) is 0 Å². The van der Waals surface area contributed by atoms with Crippen molar-refractivity contribution in [1.29, 1.82) is 0 Å². The lowest BCUT2D eigenvalue weighted by atomic mass is 10.1. The zero-order valence-corrected chi connectivity index (χ0v) is 23.5. The number of carbonyl (C=O) groups is 2. The molecule has 0 aromatic carbocycles. The third-order valence-corrected chi connectivity index (χ3v) is 5.77. The Balaban J connectivity index is 4.15. The van der Waals surface area contributed by atoms with E-state index >= 15 is 0 Å². The minimum atomic E-state index is -0.468. The number of rotatable bonds is 23. The molecule has 0 heterocycles. The molecule has 0 amide bonds. The van der Waals surface area contributed by atoms with Gasteiger partial charge in [0, 0.05) is 25.4 Å². The van der Waals surface area contributed by atoms with Crippen molar-refractivity contribution < 1.29 is 38.0 Å². The summed E-state index contributed by atoms with van der Waals surface area (Å²) in [5.74, 6) is -0.935. The molecule has 0 N–H and O–H groups in total. The molecule has 0 bridgehead atoms. The summed E-state index contributed by atoms with van der Waals surface area (Å²) in [7, 11) is 0. The van der Waals surface area contributed by atoms with Crippen LogP contribution in [0.15, 0.2) is 25.3 Å². The Morgan fingerprint density at radius 3 is 1.33 bits per heavy atom. The number of ether oxygens (including phenoxy) is 6. The van der Waals surface area contributed by atoms with Gasteiger partial charge in [-0.15, -0.1) is 0 Å². The summed E-state index contributed by atoms with van der Waals surface area (Å²) in [6.45, 7) is 21.2. The highest BCUT2D eigenvalue weighted by molar-refractivity contribution is 5.81. The monoisotopic (exact) mass is 514 g/mol. The average molecular weight is 515 g/mol. The highest BCUT2D eigenvalue weighted by atomic mass is 16.6. The quantitative estimate of drug-likeness (QED) is 0.105. The van der Waals surface area contributed by atoms with Gasteiger partial charge in [0.1, 0.15) is 25.4 Å². The molecule has 0 aliphatic heterocycles. The topological polar surface area (TPSA) is 89.5 Å². The molecule has 0 aliphatic rings. The summed E-state index contributed by atoms with van der Waals surface area (Å²) in [4.78, 5) is 22.8. The number of unbranched alkanes of at least 4 members (excludes halogenated alkanes) is 3. The van der Waals surface area contributed by atoms with Gasteiger partial charge in [0.05, 0.1) is 24.4 Å². The van der Waals surface area contributed by atoms with Crippen LogP contribution in [0.1, 0.15) is 80.1 Å². The van der Waals surface area contributed by atoms with E-state index in [0.717, 1.165) is 50.7 Å². The van der Waals surface area contributed by atoms with Crippen molar-refractivity contribution in [2.75, 3.05) is 39.6 Å². The molecule has 0 radical (unpaired) electrons. The van der Waals surface area contributed by atoms with Crippen molar-refractivity contribution in [3.8, 4) is 0 Å². The normalized spacial score (nSPS) is 13.6. The highest BCUT2D eigenvalue weighted by Crippen LogP contribution is 2.18. The van der Waals surface area contributed by atoms with E-state index in [-0.39, 0.29) is 36.6 Å². The van der Waals surface area contributed by atoms with Crippen LogP contribution in [-0.4, -0.2) is 75.0 Å². The Hall–Kier alpha value is -1.74. The lowest BCUT2D eigenvalue weighted by molar-refractivity contribution is -0.154. The van der Waals surface area contributed by atoms with Crippen LogP contribution in [0.25, 0.3) is 0 Å². The fourth-order valence-corrected chi connectivity index (χ4v) is 2.96. The van der Waals surface area contributed by atoms with E-state index in [1.807, 2.05) is 41.5 Å². The fourth-order valence-electron chi connectivity index (χ4n) is 2.96. The Morgan fingerprint density at radius 1 is 0.667 bits per heavy atom. The summed E-state index contributed by atoms with van der Waals surface area (Å²) < 4.78 is 34.0. The van der Waals surface area contributed by atoms with Crippen molar-refractivity contribution in [3.05, 3.63) is 25.3 Å². The van der Waals surface area contributed by atoms with Crippen LogP contribution in [0.5, 0.6) is 0 Å². The zero-order chi connectivity index (χ0) is 27.5. The van der Waals surface area contributed by atoms with E-state index in [1.54, 1.807) is 0 Å². The predicted octanol–water partition coefficient (Wildman–Crippen LogP) is 5.19. The van der Waals surface area contributed by atoms with E-state index < -0.39 is 11.9 Å². The molecule has 36 heavy (non-hydrogen) atoms. The Morgan fingerprint density at radius 2 is 1.03 bits per heavy atom. The van der Waals surface area contributed by atoms with E-state index in [4.69, 9.17) is 28.4 Å². The minimum Gasteiger partial charge on any atom is -0.460 e. The molecular weight excluding hydrogens is 464 g/mol. The summed E-state index contributed by atoms with van der Waals surface area (Å²) >= 11 is 0. The van der Waals surface area contributed by atoms with Crippen molar-refractivity contribution in [3.63, 3.8) is 0 Å². The molecule has 8 nitrogen and oxygen atoms in total. The van der Waals surface area contributed by atoms with Crippen molar-refractivity contribution in [2.45, 2.75) is 103 Å². The van der Waals surface area contributed by atoms with E-state index in [2.05, 4.69) is 13.2 Å². The van der Waals surface area contributed by atoms with Gasteiger partial charge in [0.25, 0.3) is 0 Å². The molecule has 0 aromatic rings. The largest absolute Gasteiger partial charge is 0.460 e. The van der Waals surface area contributed by atoms with Crippen molar-refractivity contribution >= 4 is 11.9 Å². The Labute approximate surface area is 218 Å². The summed E-state index contributed by atoms with van der Waals surface area (Å²) in [6.07, 6.45) is 7.18. The Kier molecular flexibility index (Phi) is 18.4. The summed E-state index contributed by atoms with van der Waals surface area (Å²) in [5.41, 5.74) is -0.642. The van der Waals surface area contributed by atoms with Gasteiger partial charge < -0.3 is 28.4 Å². The van der Waals surface area contributed by atoms with E-state index in [1.165, 1.54) is 0 Å². The van der Waals surface area contributed by atoms with Crippen LogP contribution in [0, 0.1) is 0 Å². The fraction of sp³-hybridized carbons (Fsp3) is 0.786. The standard InChI is InChI=1S/C28H50O8/c1-9-25(29)33-21-23(35-27(5,6)11-3)19-31-17-15-13-14-16-18-32-20-24(22-34-26(30)10-2)36-28(7,8)12-4/h9-10,23-24H,1-2,11-22H2,3-8H3. The molecule has 0 saturated heterocycles. The SMILES string of the molecule is C=CC(=O)OCC(COCCCCCCOCC(COC(=O)C=C)OC(C)(C)CC)OC(C)(C)CC. The first-order chi connectivity index (χ1) is 17.0. The third kappa shape index (κ3) is 18.5. The number of hydrogen-bond acceptors (Lipinski definition) is 8. The number of esters is 2. The minimum absolute atomic E-state index is 0.137. The van der Waals surface area contributed by atoms with Crippen LogP contribution in [0.2, 0.25) is 0 Å². The van der Waals surface area contributed by atoms with Crippen LogP contribution in [-0.2, 0) is 38.0 Å². The molecule has 0 spiro atoms. The molecule has 0 aromatic heterocycles. The van der Waals surface area contributed by atoms with Gasteiger partial charge >= 0.3 is 11.9 Å². The van der Waals surface area contributed by atoms with Gasteiger partial charge in [-0.05, 0) is 53.4 Å². The van der Waals surface area contributed by atoms with Gasteiger partial charge in [-0.1, -0.05) is 39.8 Å². The summed E-state index contributed by atoms with van der Waals surface area (Å²) in [5, 5.41) is 0. The molecule has 0 rings (SSSR count). The number of carbonyl (C=O) groups excluding carboxylic acids is 2. The molecule has 2 atom stereocenters. The maximum Gasteiger partial charge on any atom is 0.330 e.